The normalized spacial score (nSPS) is 15.5. The van der Waals surface area contributed by atoms with Crippen LogP contribution < -0.4 is 0 Å². The van der Waals surface area contributed by atoms with Crippen LogP contribution in [0.5, 0.6) is 0 Å². The number of pyridine rings is 1. The summed E-state index contributed by atoms with van der Waals surface area (Å²) >= 11 is 8.25. The molecule has 0 N–H and O–H groups in total. The number of rotatable bonds is 4. The van der Waals surface area contributed by atoms with Gasteiger partial charge < -0.3 is 4.90 Å². The zero-order valence-corrected chi connectivity index (χ0v) is 22.1. The summed E-state index contributed by atoms with van der Waals surface area (Å²) in [5.74, 6) is -0.140. The predicted molar refractivity (Wildman–Crippen MR) is 139 cm³/mol. The average molecular weight is 518 g/mol. The quantitative estimate of drug-likeness (QED) is 0.480. The van der Waals surface area contributed by atoms with Crippen LogP contribution in [0.1, 0.15) is 36.8 Å². The minimum Gasteiger partial charge on any atom is -0.336 e. The summed E-state index contributed by atoms with van der Waals surface area (Å²) in [6.45, 7) is 7.77. The molecule has 0 saturated carbocycles. The molecule has 180 valence electrons. The van der Waals surface area contributed by atoms with Crippen LogP contribution in [0.15, 0.2) is 48.0 Å². The van der Waals surface area contributed by atoms with Gasteiger partial charge in [-0.05, 0) is 46.8 Å². The van der Waals surface area contributed by atoms with E-state index in [2.05, 4.69) is 43.3 Å². The number of sulfonamides is 1. The van der Waals surface area contributed by atoms with E-state index in [4.69, 9.17) is 11.6 Å². The van der Waals surface area contributed by atoms with Crippen molar-refractivity contribution < 1.29 is 13.2 Å². The molecule has 0 unspecified atom stereocenters. The molecule has 1 saturated heterocycles. The van der Waals surface area contributed by atoms with Crippen LogP contribution in [0, 0.1) is 0 Å². The molecular weight excluding hydrogens is 490 g/mol. The molecule has 1 amide bonds. The third kappa shape index (κ3) is 5.35. The van der Waals surface area contributed by atoms with E-state index < -0.39 is 10.0 Å². The van der Waals surface area contributed by atoms with E-state index in [1.807, 2.05) is 18.3 Å². The molecule has 3 aromatic rings. The number of carbonyl (C=O) groups is 1. The van der Waals surface area contributed by atoms with E-state index in [9.17, 15) is 13.2 Å². The Hall–Kier alpha value is -2.26. The number of hydrogen-bond donors (Lipinski definition) is 0. The number of halogens is 1. The van der Waals surface area contributed by atoms with Crippen LogP contribution in [-0.4, -0.2) is 60.9 Å². The van der Waals surface area contributed by atoms with Crippen LogP contribution in [0.2, 0.25) is 5.02 Å². The maximum Gasteiger partial charge on any atom is 0.253 e. The number of aromatic nitrogens is 1. The minimum atomic E-state index is -3.24. The number of benzene rings is 1. The lowest BCUT2D eigenvalue weighted by Gasteiger charge is -2.33. The van der Waals surface area contributed by atoms with E-state index in [0.717, 1.165) is 27.3 Å². The van der Waals surface area contributed by atoms with E-state index in [1.54, 1.807) is 28.4 Å². The number of thiophene rings is 1. The highest BCUT2D eigenvalue weighted by Crippen LogP contribution is 2.37. The van der Waals surface area contributed by atoms with Crippen LogP contribution in [0.4, 0.5) is 0 Å². The Morgan fingerprint density at radius 1 is 1.03 bits per heavy atom. The average Bonchev–Trinajstić information content (AvgIpc) is 3.27. The molecule has 0 aliphatic carbocycles. The van der Waals surface area contributed by atoms with E-state index in [1.165, 1.54) is 10.6 Å². The van der Waals surface area contributed by atoms with Crippen molar-refractivity contribution in [2.24, 2.45) is 0 Å². The molecule has 4 rings (SSSR count). The van der Waals surface area contributed by atoms with Gasteiger partial charge in [-0.1, -0.05) is 38.4 Å². The highest BCUT2D eigenvalue weighted by atomic mass is 35.5. The monoisotopic (exact) mass is 517 g/mol. The third-order valence-electron chi connectivity index (χ3n) is 5.93. The first-order valence-corrected chi connectivity index (χ1v) is 14.1. The van der Waals surface area contributed by atoms with Crippen molar-refractivity contribution in [3.05, 3.63) is 64.3 Å². The summed E-state index contributed by atoms with van der Waals surface area (Å²) in [5.41, 5.74) is 4.50. The van der Waals surface area contributed by atoms with Gasteiger partial charge in [0.2, 0.25) is 10.0 Å². The Balaban J connectivity index is 1.52. The number of amides is 1. The Bertz CT molecular complexity index is 1320. The Morgan fingerprint density at radius 3 is 2.35 bits per heavy atom. The van der Waals surface area contributed by atoms with Gasteiger partial charge in [-0.25, -0.2) is 8.42 Å². The summed E-state index contributed by atoms with van der Waals surface area (Å²) in [6, 6.07) is 11.6. The van der Waals surface area contributed by atoms with Crippen molar-refractivity contribution in [1.82, 2.24) is 14.2 Å². The number of nitrogens with zero attached hydrogens (tertiary/aromatic N) is 3. The third-order valence-corrected chi connectivity index (χ3v) is 8.53. The van der Waals surface area contributed by atoms with Gasteiger partial charge in [-0.2, -0.15) is 4.31 Å². The van der Waals surface area contributed by atoms with Gasteiger partial charge in [-0.3, -0.25) is 9.78 Å². The van der Waals surface area contributed by atoms with Crippen LogP contribution in [0.25, 0.3) is 21.6 Å². The van der Waals surface area contributed by atoms with E-state index in [0.29, 0.717) is 36.8 Å². The van der Waals surface area contributed by atoms with Gasteiger partial charge >= 0.3 is 0 Å². The molecule has 3 heterocycles. The lowest BCUT2D eigenvalue weighted by atomic mass is 9.90. The van der Waals surface area contributed by atoms with Crippen molar-refractivity contribution in [3.8, 4) is 21.6 Å². The van der Waals surface area contributed by atoms with Gasteiger partial charge in [0, 0.05) is 64.5 Å². The second-order valence-corrected chi connectivity index (χ2v) is 12.8. The molecule has 1 aromatic carbocycles. The lowest BCUT2D eigenvalue weighted by molar-refractivity contribution is 0.0698. The standard InChI is InChI=1S/C25H28ClN3O3S2/c1-25(2,3)23-15-17(7-8-27-23)22-14-19(16-33-22)20-6-5-18(13-21(20)26)24(30)28-9-11-29(12-10-28)34(4,31)32/h5-8,13-16H,9-12H2,1-4H3. The maximum absolute atomic E-state index is 13.0. The zero-order chi connectivity index (χ0) is 24.7. The number of carbonyl (C=O) groups excluding carboxylic acids is 1. The molecule has 2 aromatic heterocycles. The molecule has 0 bridgehead atoms. The highest BCUT2D eigenvalue weighted by molar-refractivity contribution is 7.88. The fourth-order valence-electron chi connectivity index (χ4n) is 3.91. The highest BCUT2D eigenvalue weighted by Gasteiger charge is 2.27. The molecule has 1 aliphatic rings. The van der Waals surface area contributed by atoms with Gasteiger partial charge in [0.1, 0.15) is 0 Å². The first-order valence-electron chi connectivity index (χ1n) is 11.0. The Morgan fingerprint density at radius 2 is 1.74 bits per heavy atom. The second kappa shape index (κ2) is 9.41. The number of piperazine rings is 1. The van der Waals surface area contributed by atoms with Crippen molar-refractivity contribution in [2.75, 3.05) is 32.4 Å². The van der Waals surface area contributed by atoms with Crippen LogP contribution >= 0.6 is 22.9 Å². The first-order chi connectivity index (χ1) is 15.9. The summed E-state index contributed by atoms with van der Waals surface area (Å²) in [5, 5.41) is 2.58. The van der Waals surface area contributed by atoms with E-state index >= 15 is 0 Å². The SMILES string of the molecule is CC(C)(C)c1cc(-c2cc(-c3ccc(C(=O)N4CCN(S(C)(=O)=O)CC4)cc3Cl)cs2)ccn1. The minimum absolute atomic E-state index is 0.0286. The summed E-state index contributed by atoms with van der Waals surface area (Å²) in [7, 11) is -3.24. The molecule has 1 fully saturated rings. The fourth-order valence-corrected chi connectivity index (χ4v) is 5.93. The molecule has 6 nitrogen and oxygen atoms in total. The lowest BCUT2D eigenvalue weighted by Crippen LogP contribution is -2.50. The molecular formula is C25H28ClN3O3S2. The first kappa shape index (κ1) is 24.9. The van der Waals surface area contributed by atoms with Gasteiger partial charge in [0.15, 0.2) is 0 Å². The van der Waals surface area contributed by atoms with Crippen molar-refractivity contribution in [2.45, 2.75) is 26.2 Å². The predicted octanol–water partition coefficient (Wildman–Crippen LogP) is 5.15. The van der Waals surface area contributed by atoms with Crippen LogP contribution in [-0.2, 0) is 15.4 Å². The molecule has 1 aliphatic heterocycles. The fraction of sp³-hybridized carbons (Fsp3) is 0.360. The maximum atomic E-state index is 13.0. The molecule has 0 radical (unpaired) electrons. The van der Waals surface area contributed by atoms with Crippen molar-refractivity contribution in [3.63, 3.8) is 0 Å². The number of hydrogen-bond acceptors (Lipinski definition) is 5. The molecule has 34 heavy (non-hydrogen) atoms. The second-order valence-electron chi connectivity index (χ2n) is 9.53. The Kier molecular flexibility index (Phi) is 6.88. The molecule has 0 spiro atoms. The topological polar surface area (TPSA) is 70.6 Å². The van der Waals surface area contributed by atoms with Crippen LogP contribution in [0.3, 0.4) is 0 Å². The molecule has 9 heteroatoms. The van der Waals surface area contributed by atoms with E-state index in [-0.39, 0.29) is 11.3 Å². The summed E-state index contributed by atoms with van der Waals surface area (Å²) in [4.78, 5) is 20.3. The summed E-state index contributed by atoms with van der Waals surface area (Å²) < 4.78 is 24.8. The zero-order valence-electron chi connectivity index (χ0n) is 19.7. The Labute approximate surface area is 210 Å². The van der Waals surface area contributed by atoms with Gasteiger partial charge in [0.25, 0.3) is 5.91 Å². The van der Waals surface area contributed by atoms with Gasteiger partial charge in [-0.15, -0.1) is 11.3 Å². The molecule has 0 atom stereocenters. The summed E-state index contributed by atoms with van der Waals surface area (Å²) in [6.07, 6.45) is 3.04. The van der Waals surface area contributed by atoms with Crippen molar-refractivity contribution >= 4 is 38.9 Å². The smallest absolute Gasteiger partial charge is 0.253 e. The van der Waals surface area contributed by atoms with Crippen molar-refractivity contribution in [1.29, 1.82) is 0 Å². The largest absolute Gasteiger partial charge is 0.336 e. The van der Waals surface area contributed by atoms with Gasteiger partial charge in [0.05, 0.1) is 6.26 Å².